The van der Waals surface area contributed by atoms with Crippen LogP contribution in [-0.2, 0) is 19.1 Å². The first-order valence-corrected chi connectivity index (χ1v) is 5.67. The van der Waals surface area contributed by atoms with Gasteiger partial charge in [-0.2, -0.15) is 0 Å². The summed E-state index contributed by atoms with van der Waals surface area (Å²) < 4.78 is 10.0. The Morgan fingerprint density at radius 3 is 2.59 bits per heavy atom. The predicted molar refractivity (Wildman–Crippen MR) is 59.7 cm³/mol. The van der Waals surface area contributed by atoms with Crippen LogP contribution in [0, 0.1) is 0 Å². The largest absolute Gasteiger partial charge is 0.481 e. The van der Waals surface area contributed by atoms with Crippen molar-refractivity contribution < 1.29 is 24.2 Å². The van der Waals surface area contributed by atoms with E-state index in [1.165, 1.54) is 7.11 Å². The normalized spacial score (nSPS) is 18.6. The van der Waals surface area contributed by atoms with Gasteiger partial charge < -0.3 is 19.9 Å². The fourth-order valence-corrected chi connectivity index (χ4v) is 1.95. The minimum Gasteiger partial charge on any atom is -0.481 e. The van der Waals surface area contributed by atoms with Gasteiger partial charge in [-0.25, -0.2) is 0 Å². The zero-order chi connectivity index (χ0) is 12.7. The molecule has 98 valence electrons. The van der Waals surface area contributed by atoms with E-state index in [0.717, 1.165) is 0 Å². The molecule has 17 heavy (non-hydrogen) atoms. The number of methoxy groups -OCH3 is 1. The molecule has 1 fully saturated rings. The van der Waals surface area contributed by atoms with Crippen molar-refractivity contribution >= 4 is 11.9 Å². The van der Waals surface area contributed by atoms with Crippen LogP contribution in [-0.4, -0.2) is 49.5 Å². The third-order valence-electron chi connectivity index (χ3n) is 2.88. The van der Waals surface area contributed by atoms with Crippen molar-refractivity contribution in [2.75, 3.05) is 26.9 Å². The van der Waals surface area contributed by atoms with E-state index in [0.29, 0.717) is 32.7 Å². The van der Waals surface area contributed by atoms with Gasteiger partial charge in [-0.05, 0) is 12.8 Å². The van der Waals surface area contributed by atoms with Crippen molar-refractivity contribution in [2.24, 2.45) is 0 Å². The van der Waals surface area contributed by atoms with Gasteiger partial charge >= 0.3 is 5.97 Å². The maximum Gasteiger partial charge on any atom is 0.305 e. The van der Waals surface area contributed by atoms with E-state index in [1.54, 1.807) is 0 Å². The number of nitrogens with one attached hydrogen (secondary N) is 1. The molecule has 1 rings (SSSR count). The lowest BCUT2D eigenvalue weighted by Crippen LogP contribution is -2.53. The van der Waals surface area contributed by atoms with Gasteiger partial charge in [0, 0.05) is 26.7 Å². The van der Waals surface area contributed by atoms with Crippen molar-refractivity contribution in [2.45, 2.75) is 31.2 Å². The van der Waals surface area contributed by atoms with Crippen LogP contribution in [0.3, 0.4) is 0 Å². The van der Waals surface area contributed by atoms with Crippen molar-refractivity contribution in [3.63, 3.8) is 0 Å². The molecule has 0 radical (unpaired) electrons. The highest BCUT2D eigenvalue weighted by Gasteiger charge is 2.36. The Morgan fingerprint density at radius 2 is 2.06 bits per heavy atom. The van der Waals surface area contributed by atoms with Gasteiger partial charge in [0.25, 0.3) is 0 Å². The van der Waals surface area contributed by atoms with Crippen molar-refractivity contribution in [3.05, 3.63) is 0 Å². The second kappa shape index (κ2) is 6.56. The molecule has 0 spiro atoms. The van der Waals surface area contributed by atoms with Gasteiger partial charge in [0.2, 0.25) is 5.91 Å². The number of ether oxygens (including phenoxy) is 2. The molecule has 1 aliphatic heterocycles. The number of carbonyl (C=O) groups excluding carboxylic acids is 1. The van der Waals surface area contributed by atoms with E-state index in [1.807, 2.05) is 0 Å². The Bertz CT molecular complexity index is 273. The Kier molecular flexibility index (Phi) is 5.37. The predicted octanol–water partition coefficient (Wildman–Crippen LogP) is 0.163. The molecule has 1 aliphatic rings. The molecule has 0 aromatic carbocycles. The topological polar surface area (TPSA) is 84.9 Å². The van der Waals surface area contributed by atoms with E-state index in [9.17, 15) is 9.59 Å². The number of hydrogen-bond acceptors (Lipinski definition) is 4. The highest BCUT2D eigenvalue weighted by Crippen LogP contribution is 2.24. The van der Waals surface area contributed by atoms with Crippen LogP contribution < -0.4 is 5.32 Å². The van der Waals surface area contributed by atoms with E-state index < -0.39 is 11.5 Å². The first-order chi connectivity index (χ1) is 8.08. The molecule has 1 amide bonds. The van der Waals surface area contributed by atoms with Gasteiger partial charge in [-0.3, -0.25) is 9.59 Å². The number of amides is 1. The molecule has 1 heterocycles. The highest BCUT2D eigenvalue weighted by molar-refractivity contribution is 5.78. The number of rotatable bonds is 6. The molecular formula is C11H19NO5. The van der Waals surface area contributed by atoms with E-state index in [-0.39, 0.29) is 18.7 Å². The molecule has 0 atom stereocenters. The number of carbonyl (C=O) groups is 2. The number of aliphatic carboxylic acids is 1. The molecule has 2 N–H and O–H groups in total. The molecule has 0 saturated carbocycles. The smallest absolute Gasteiger partial charge is 0.305 e. The van der Waals surface area contributed by atoms with Crippen LogP contribution in [0.4, 0.5) is 0 Å². The molecule has 0 aliphatic carbocycles. The third-order valence-corrected chi connectivity index (χ3v) is 2.88. The third kappa shape index (κ3) is 4.70. The molecule has 0 aromatic rings. The van der Waals surface area contributed by atoms with Crippen molar-refractivity contribution in [3.8, 4) is 0 Å². The summed E-state index contributed by atoms with van der Waals surface area (Å²) in [5, 5.41) is 11.7. The Morgan fingerprint density at radius 1 is 1.41 bits per heavy atom. The van der Waals surface area contributed by atoms with E-state index in [4.69, 9.17) is 14.6 Å². The average Bonchev–Trinajstić information content (AvgIpc) is 2.26. The lowest BCUT2D eigenvalue weighted by molar-refractivity contribution is -0.140. The number of carboxylic acid groups (broad SMARTS) is 1. The minimum atomic E-state index is -0.904. The van der Waals surface area contributed by atoms with E-state index in [2.05, 4.69) is 5.32 Å². The number of hydrogen-bond donors (Lipinski definition) is 2. The molecule has 1 saturated heterocycles. The Hall–Kier alpha value is -1.14. The minimum absolute atomic E-state index is 0.0604. The van der Waals surface area contributed by atoms with Crippen molar-refractivity contribution in [1.29, 1.82) is 0 Å². The molecule has 6 heteroatoms. The van der Waals surface area contributed by atoms with Gasteiger partial charge in [0.05, 0.1) is 18.6 Å². The quantitative estimate of drug-likeness (QED) is 0.696. The maximum atomic E-state index is 11.6. The van der Waals surface area contributed by atoms with Gasteiger partial charge in [0.15, 0.2) is 0 Å². The van der Waals surface area contributed by atoms with Crippen LogP contribution >= 0.6 is 0 Å². The molecule has 0 unspecified atom stereocenters. The maximum absolute atomic E-state index is 11.6. The molecular weight excluding hydrogens is 226 g/mol. The summed E-state index contributed by atoms with van der Waals surface area (Å²) >= 11 is 0. The zero-order valence-corrected chi connectivity index (χ0v) is 10.0. The van der Waals surface area contributed by atoms with Crippen molar-refractivity contribution in [1.82, 2.24) is 5.32 Å². The highest BCUT2D eigenvalue weighted by atomic mass is 16.5. The van der Waals surface area contributed by atoms with Gasteiger partial charge in [-0.15, -0.1) is 0 Å². The van der Waals surface area contributed by atoms with Crippen LogP contribution in [0.1, 0.15) is 25.7 Å². The second-order valence-electron chi connectivity index (χ2n) is 4.25. The summed E-state index contributed by atoms with van der Waals surface area (Å²) in [5.41, 5.74) is -0.658. The summed E-state index contributed by atoms with van der Waals surface area (Å²) in [6.45, 7) is 1.31. The van der Waals surface area contributed by atoms with Crippen LogP contribution in [0.2, 0.25) is 0 Å². The average molecular weight is 245 g/mol. The van der Waals surface area contributed by atoms with Crippen LogP contribution in [0.15, 0.2) is 0 Å². The summed E-state index contributed by atoms with van der Waals surface area (Å²) in [6, 6.07) is 0. The lowest BCUT2D eigenvalue weighted by atomic mass is 9.86. The zero-order valence-electron chi connectivity index (χ0n) is 10.0. The van der Waals surface area contributed by atoms with Gasteiger partial charge in [-0.1, -0.05) is 0 Å². The monoisotopic (exact) mass is 245 g/mol. The summed E-state index contributed by atoms with van der Waals surface area (Å²) in [7, 11) is 1.52. The summed E-state index contributed by atoms with van der Waals surface area (Å²) in [6.07, 6.45) is 1.27. The molecule has 6 nitrogen and oxygen atoms in total. The summed E-state index contributed by atoms with van der Waals surface area (Å²) in [5.74, 6) is -1.08. The fraction of sp³-hybridized carbons (Fsp3) is 0.818. The van der Waals surface area contributed by atoms with Crippen LogP contribution in [0.5, 0.6) is 0 Å². The Labute approximate surface area is 100 Å². The first-order valence-electron chi connectivity index (χ1n) is 5.67. The fourth-order valence-electron chi connectivity index (χ4n) is 1.95. The number of carboxylic acids is 1. The van der Waals surface area contributed by atoms with Gasteiger partial charge in [0.1, 0.15) is 0 Å². The lowest BCUT2D eigenvalue weighted by Gasteiger charge is -2.36. The SMILES string of the molecule is COCCC(=O)NC1(CC(=O)O)CCOCC1. The standard InChI is InChI=1S/C11H19NO5/c1-16-5-2-9(13)12-11(8-10(14)15)3-6-17-7-4-11/h2-8H2,1H3,(H,12,13)(H,14,15). The van der Waals surface area contributed by atoms with E-state index >= 15 is 0 Å². The first kappa shape index (κ1) is 13.9. The second-order valence-corrected chi connectivity index (χ2v) is 4.25. The molecule has 0 bridgehead atoms. The van der Waals surface area contributed by atoms with Crippen LogP contribution in [0.25, 0.3) is 0 Å². The Balaban J connectivity index is 2.56. The summed E-state index contributed by atoms with van der Waals surface area (Å²) in [4.78, 5) is 22.5. The molecule has 0 aromatic heterocycles.